The highest BCUT2D eigenvalue weighted by Crippen LogP contribution is 2.33. The SMILES string of the molecule is CC1CN(C(=O)c2ccccc2)CCN1c1nnc(-c2ccc(C(N)=O)cc2)c2ccccc12. The summed E-state index contributed by atoms with van der Waals surface area (Å²) in [7, 11) is 0. The molecule has 4 aromatic rings. The third-order valence-corrected chi connectivity index (χ3v) is 6.32. The first-order chi connectivity index (χ1) is 16.5. The Kier molecular flexibility index (Phi) is 5.67. The van der Waals surface area contributed by atoms with E-state index in [1.807, 2.05) is 65.6 Å². The molecule has 1 aliphatic rings. The van der Waals surface area contributed by atoms with Crippen LogP contribution in [0.15, 0.2) is 78.9 Å². The molecular formula is C27H25N5O2. The maximum atomic E-state index is 12.9. The summed E-state index contributed by atoms with van der Waals surface area (Å²) in [6.07, 6.45) is 0. The molecule has 1 aliphatic heterocycles. The fourth-order valence-corrected chi connectivity index (χ4v) is 4.53. The van der Waals surface area contributed by atoms with E-state index in [-0.39, 0.29) is 11.9 Å². The van der Waals surface area contributed by atoms with Crippen molar-refractivity contribution >= 4 is 28.4 Å². The highest BCUT2D eigenvalue weighted by atomic mass is 16.2. The topological polar surface area (TPSA) is 92.4 Å². The number of amides is 2. The summed E-state index contributed by atoms with van der Waals surface area (Å²) in [6.45, 7) is 4.01. The van der Waals surface area contributed by atoms with Gasteiger partial charge in [0.15, 0.2) is 5.82 Å². The van der Waals surface area contributed by atoms with Gasteiger partial charge in [-0.25, -0.2) is 0 Å². The fraction of sp³-hybridized carbons (Fsp3) is 0.185. The minimum atomic E-state index is -0.461. The molecule has 7 nitrogen and oxygen atoms in total. The lowest BCUT2D eigenvalue weighted by Crippen LogP contribution is -2.54. The van der Waals surface area contributed by atoms with Crippen LogP contribution in [0.1, 0.15) is 27.6 Å². The van der Waals surface area contributed by atoms with E-state index in [1.54, 1.807) is 12.1 Å². The lowest BCUT2D eigenvalue weighted by molar-refractivity contribution is 0.0726. The third-order valence-electron chi connectivity index (χ3n) is 6.32. The molecule has 34 heavy (non-hydrogen) atoms. The molecule has 0 radical (unpaired) electrons. The van der Waals surface area contributed by atoms with Crippen molar-refractivity contribution in [2.24, 2.45) is 5.73 Å². The molecule has 0 spiro atoms. The molecule has 2 amide bonds. The molecule has 1 fully saturated rings. The highest BCUT2D eigenvalue weighted by molar-refractivity contribution is 6.01. The molecule has 1 unspecified atom stereocenters. The Morgan fingerprint density at radius 3 is 2.18 bits per heavy atom. The van der Waals surface area contributed by atoms with E-state index in [0.717, 1.165) is 27.8 Å². The second kappa shape index (κ2) is 8.94. The van der Waals surface area contributed by atoms with Crippen molar-refractivity contribution in [2.45, 2.75) is 13.0 Å². The first kappa shape index (κ1) is 21.6. The van der Waals surface area contributed by atoms with Gasteiger partial charge in [0.05, 0.1) is 0 Å². The van der Waals surface area contributed by atoms with E-state index < -0.39 is 5.91 Å². The Bertz CT molecular complexity index is 1350. The number of benzene rings is 3. The van der Waals surface area contributed by atoms with Crippen molar-refractivity contribution in [1.29, 1.82) is 0 Å². The Hall–Kier alpha value is -4.26. The number of anilines is 1. The van der Waals surface area contributed by atoms with Crippen molar-refractivity contribution in [3.8, 4) is 11.3 Å². The number of carbonyl (C=O) groups is 2. The fourth-order valence-electron chi connectivity index (χ4n) is 4.53. The molecule has 1 saturated heterocycles. The molecule has 0 saturated carbocycles. The van der Waals surface area contributed by atoms with Gasteiger partial charge in [0.2, 0.25) is 5.91 Å². The Morgan fingerprint density at radius 2 is 1.50 bits per heavy atom. The van der Waals surface area contributed by atoms with Crippen LogP contribution in [0.3, 0.4) is 0 Å². The lowest BCUT2D eigenvalue weighted by atomic mass is 10.0. The van der Waals surface area contributed by atoms with Crippen molar-refractivity contribution in [2.75, 3.05) is 24.5 Å². The van der Waals surface area contributed by atoms with Crippen LogP contribution in [-0.2, 0) is 0 Å². The number of nitrogens with zero attached hydrogens (tertiary/aromatic N) is 4. The Morgan fingerprint density at radius 1 is 0.824 bits per heavy atom. The van der Waals surface area contributed by atoms with E-state index in [4.69, 9.17) is 5.73 Å². The van der Waals surface area contributed by atoms with Gasteiger partial charge in [0.25, 0.3) is 5.91 Å². The number of carbonyl (C=O) groups excluding carboxylic acids is 2. The molecule has 2 heterocycles. The average molecular weight is 452 g/mol. The van der Waals surface area contributed by atoms with Crippen LogP contribution in [0.5, 0.6) is 0 Å². The smallest absolute Gasteiger partial charge is 0.253 e. The number of piperazine rings is 1. The van der Waals surface area contributed by atoms with Crippen molar-refractivity contribution < 1.29 is 9.59 Å². The van der Waals surface area contributed by atoms with Gasteiger partial charge in [-0.15, -0.1) is 10.2 Å². The summed E-state index contributed by atoms with van der Waals surface area (Å²) in [5.41, 5.74) is 8.15. The minimum absolute atomic E-state index is 0.0535. The third kappa shape index (κ3) is 3.96. The summed E-state index contributed by atoms with van der Waals surface area (Å²) in [6, 6.07) is 24.6. The van der Waals surface area contributed by atoms with Crippen molar-refractivity contribution in [3.63, 3.8) is 0 Å². The molecule has 170 valence electrons. The second-order valence-electron chi connectivity index (χ2n) is 8.52. The van der Waals surface area contributed by atoms with Gasteiger partial charge in [-0.05, 0) is 31.2 Å². The normalized spacial score (nSPS) is 16.0. The zero-order chi connectivity index (χ0) is 23.7. The van der Waals surface area contributed by atoms with Crippen LogP contribution in [-0.4, -0.2) is 52.6 Å². The summed E-state index contributed by atoms with van der Waals surface area (Å²) in [5, 5.41) is 11.2. The maximum absolute atomic E-state index is 12.9. The van der Waals surface area contributed by atoms with Gasteiger partial charge in [-0.2, -0.15) is 0 Å². The molecule has 0 bridgehead atoms. The number of hydrogen-bond acceptors (Lipinski definition) is 5. The number of aromatic nitrogens is 2. The Labute approximate surface area is 197 Å². The number of nitrogens with two attached hydrogens (primary N) is 1. The highest BCUT2D eigenvalue weighted by Gasteiger charge is 2.29. The predicted molar refractivity (Wildman–Crippen MR) is 133 cm³/mol. The largest absolute Gasteiger partial charge is 0.366 e. The van der Waals surface area contributed by atoms with E-state index in [9.17, 15) is 9.59 Å². The van der Waals surface area contributed by atoms with E-state index in [2.05, 4.69) is 28.1 Å². The summed E-state index contributed by atoms with van der Waals surface area (Å²) in [5.74, 6) is 0.405. The molecule has 5 rings (SSSR count). The van der Waals surface area contributed by atoms with Gasteiger partial charge in [0, 0.05) is 53.1 Å². The minimum Gasteiger partial charge on any atom is -0.366 e. The van der Waals surface area contributed by atoms with Crippen molar-refractivity contribution in [1.82, 2.24) is 15.1 Å². The van der Waals surface area contributed by atoms with Gasteiger partial charge in [-0.3, -0.25) is 9.59 Å². The first-order valence-electron chi connectivity index (χ1n) is 11.3. The van der Waals surface area contributed by atoms with Crippen LogP contribution in [0, 0.1) is 0 Å². The van der Waals surface area contributed by atoms with Crippen LogP contribution >= 0.6 is 0 Å². The van der Waals surface area contributed by atoms with Gasteiger partial charge >= 0.3 is 0 Å². The second-order valence-corrected chi connectivity index (χ2v) is 8.52. The number of hydrogen-bond donors (Lipinski definition) is 1. The first-order valence-corrected chi connectivity index (χ1v) is 11.3. The van der Waals surface area contributed by atoms with Gasteiger partial charge < -0.3 is 15.5 Å². The monoisotopic (exact) mass is 451 g/mol. The van der Waals surface area contributed by atoms with Crippen LogP contribution in [0.2, 0.25) is 0 Å². The average Bonchev–Trinajstić information content (AvgIpc) is 2.88. The van der Waals surface area contributed by atoms with E-state index in [0.29, 0.717) is 30.8 Å². The number of rotatable bonds is 4. The van der Waals surface area contributed by atoms with Crippen LogP contribution < -0.4 is 10.6 Å². The van der Waals surface area contributed by atoms with Crippen molar-refractivity contribution in [3.05, 3.63) is 90.0 Å². The van der Waals surface area contributed by atoms with Crippen LogP contribution in [0.4, 0.5) is 5.82 Å². The Balaban J connectivity index is 1.44. The van der Waals surface area contributed by atoms with Gasteiger partial charge in [-0.1, -0.05) is 54.6 Å². The molecule has 0 aliphatic carbocycles. The molecule has 2 N–H and O–H groups in total. The number of fused-ring (bicyclic) bond motifs is 1. The molecular weight excluding hydrogens is 426 g/mol. The van der Waals surface area contributed by atoms with E-state index in [1.165, 1.54) is 0 Å². The molecule has 1 atom stereocenters. The zero-order valence-electron chi connectivity index (χ0n) is 18.9. The van der Waals surface area contributed by atoms with Gasteiger partial charge in [0.1, 0.15) is 5.69 Å². The summed E-state index contributed by atoms with van der Waals surface area (Å²) < 4.78 is 0. The quantitative estimate of drug-likeness (QED) is 0.510. The summed E-state index contributed by atoms with van der Waals surface area (Å²) >= 11 is 0. The standard InChI is InChI=1S/C27H25N5O2/c1-18-17-31(27(34)21-7-3-2-4-8-21)15-16-32(18)26-23-10-6-5-9-22(23)24(29-30-26)19-11-13-20(14-12-19)25(28)33/h2-14,18H,15-17H2,1H3,(H2,28,33). The molecule has 7 heteroatoms. The predicted octanol–water partition coefficient (Wildman–Crippen LogP) is 3.75. The molecule has 3 aromatic carbocycles. The van der Waals surface area contributed by atoms with E-state index >= 15 is 0 Å². The lowest BCUT2D eigenvalue weighted by Gasteiger charge is -2.40. The van der Waals surface area contributed by atoms with Crippen LogP contribution in [0.25, 0.3) is 22.0 Å². The molecule has 1 aromatic heterocycles. The zero-order valence-corrected chi connectivity index (χ0v) is 18.9. The maximum Gasteiger partial charge on any atom is 0.253 e. The number of primary amides is 1. The summed E-state index contributed by atoms with van der Waals surface area (Å²) in [4.78, 5) is 28.5.